The van der Waals surface area contributed by atoms with E-state index < -0.39 is 11.1 Å². The molecule has 0 aliphatic rings. The molecule has 0 N–H and O–H groups in total. The second kappa shape index (κ2) is 10.2. The zero-order valence-corrected chi connectivity index (χ0v) is 9.16. The van der Waals surface area contributed by atoms with Gasteiger partial charge in [0.05, 0.1) is 0 Å². The molecule has 0 amide bonds. The van der Waals surface area contributed by atoms with Crippen LogP contribution < -0.4 is 29.6 Å². The molecule has 5 heteroatoms. The number of hydrogen-bond acceptors (Lipinski definition) is 2. The first-order valence-corrected chi connectivity index (χ1v) is 1.87. The third-order valence-corrected chi connectivity index (χ3v) is 0. The third-order valence-electron chi connectivity index (χ3n) is 0. The van der Waals surface area contributed by atoms with Gasteiger partial charge >= 0.3 is 29.6 Å². The van der Waals surface area contributed by atoms with E-state index >= 15 is 0 Å². The van der Waals surface area contributed by atoms with Crippen LogP contribution in [0.3, 0.4) is 0 Å². The normalized spacial score (nSPS) is 10.3. The molecule has 1 radical (unpaired) electrons. The van der Waals surface area contributed by atoms with Crippen molar-refractivity contribution in [3.05, 3.63) is 6.26 Å². The molecule has 0 aromatic heterocycles. The predicted molar refractivity (Wildman–Crippen MR) is 14.3 cm³/mol. The van der Waals surface area contributed by atoms with Crippen LogP contribution in [0.2, 0.25) is 0 Å². The van der Waals surface area contributed by atoms with Crippen LogP contribution in [0.1, 0.15) is 0 Å². The standard InChI is InChI=1S/CH3O2S.Na.Y/c1-4(2)3;;/h1H2,(H,2,3);;/q-1;+1;/p-1. The Balaban J connectivity index is -0.0000000450. The summed E-state index contributed by atoms with van der Waals surface area (Å²) < 4.78 is 17.8. The average molecular weight is 190 g/mol. The quantitative estimate of drug-likeness (QED) is 0.227. The van der Waals surface area contributed by atoms with E-state index in [1.165, 1.54) is 0 Å². The maximum Gasteiger partial charge on any atom is 1.00 e. The maximum absolute atomic E-state index is 8.89. The van der Waals surface area contributed by atoms with Crippen molar-refractivity contribution < 1.29 is 71.0 Å². The van der Waals surface area contributed by atoms with Crippen molar-refractivity contribution in [3.8, 4) is 0 Å². The molecule has 0 aromatic carbocycles. The summed E-state index contributed by atoms with van der Waals surface area (Å²) in [5.74, 6) is 0. The van der Waals surface area contributed by atoms with Crippen LogP contribution in [0.25, 0.3) is 0 Å². The van der Waals surface area contributed by atoms with Crippen LogP contribution >= 0.6 is 0 Å². The fourth-order valence-electron chi connectivity index (χ4n) is 0. The Morgan fingerprint density at radius 1 is 1.67 bits per heavy atom. The molecule has 0 aliphatic carbocycles. The van der Waals surface area contributed by atoms with Crippen molar-refractivity contribution in [2.24, 2.45) is 0 Å². The van der Waals surface area contributed by atoms with Gasteiger partial charge in [0, 0.05) is 32.7 Å². The van der Waals surface area contributed by atoms with E-state index in [9.17, 15) is 0 Å². The van der Waals surface area contributed by atoms with Crippen LogP contribution in [0.5, 0.6) is 0 Å². The molecule has 0 rings (SSSR count). The van der Waals surface area contributed by atoms with Gasteiger partial charge in [-0.05, 0) is 0 Å². The topological polar surface area (TPSA) is 40.1 Å². The molecular formula is CH2NaO2SY-. The van der Waals surface area contributed by atoms with E-state index in [4.69, 9.17) is 8.76 Å². The Labute approximate surface area is 86.9 Å². The van der Waals surface area contributed by atoms with Crippen LogP contribution in [-0.2, 0) is 43.8 Å². The Kier molecular flexibility index (Phi) is 26.9. The van der Waals surface area contributed by atoms with Gasteiger partial charge in [-0.15, -0.1) is 0 Å². The van der Waals surface area contributed by atoms with E-state index in [0.717, 1.165) is 0 Å². The molecular weight excluding hydrogens is 188 g/mol. The van der Waals surface area contributed by atoms with Gasteiger partial charge in [-0.2, -0.15) is 0 Å². The van der Waals surface area contributed by atoms with Gasteiger partial charge in [0.25, 0.3) is 0 Å². The molecule has 2 nitrogen and oxygen atoms in total. The first-order valence-electron chi connectivity index (χ1n) is 0.622. The summed E-state index contributed by atoms with van der Waals surface area (Å²) in [7, 11) is 0. The Hall–Kier alpha value is 2.21. The van der Waals surface area contributed by atoms with Crippen molar-refractivity contribution in [2.45, 2.75) is 0 Å². The number of rotatable bonds is 0. The zero-order chi connectivity index (χ0) is 3.58. The van der Waals surface area contributed by atoms with Crippen molar-refractivity contribution in [1.29, 1.82) is 0 Å². The van der Waals surface area contributed by atoms with Crippen LogP contribution in [-0.4, -0.2) is 8.76 Å². The monoisotopic (exact) mass is 190 g/mol. The fraction of sp³-hybridized carbons (Fsp3) is 0. The van der Waals surface area contributed by atoms with E-state index in [0.29, 0.717) is 0 Å². The van der Waals surface area contributed by atoms with E-state index in [1.807, 2.05) is 0 Å². The molecule has 0 aliphatic heterocycles. The minimum atomic E-state index is -2.11. The second-order valence-corrected chi connectivity index (χ2v) is 0.911. The molecule has 0 spiro atoms. The molecule has 0 aromatic rings. The van der Waals surface area contributed by atoms with E-state index in [1.54, 1.807) is 0 Å². The van der Waals surface area contributed by atoms with E-state index in [2.05, 4.69) is 6.26 Å². The largest absolute Gasteiger partial charge is 1.00 e. The molecule has 0 saturated heterocycles. The third kappa shape index (κ3) is 34.5. The van der Waals surface area contributed by atoms with Crippen molar-refractivity contribution in [2.75, 3.05) is 0 Å². The summed E-state index contributed by atoms with van der Waals surface area (Å²) in [5.41, 5.74) is 0. The van der Waals surface area contributed by atoms with Gasteiger partial charge in [-0.25, -0.2) is 11.1 Å². The molecule has 0 heterocycles. The zero-order valence-electron chi connectivity index (χ0n) is 3.51. The molecule has 0 bridgehead atoms. The minimum Gasteiger partial charge on any atom is -0.799 e. The smallest absolute Gasteiger partial charge is 0.799 e. The van der Waals surface area contributed by atoms with Crippen LogP contribution in [0.4, 0.5) is 0 Å². The molecule has 29 valence electrons. The van der Waals surface area contributed by atoms with E-state index in [-0.39, 0.29) is 62.3 Å². The first-order chi connectivity index (χ1) is 1.73. The predicted octanol–water partition coefficient (Wildman–Crippen LogP) is -3.34. The summed E-state index contributed by atoms with van der Waals surface area (Å²) in [6, 6.07) is 0. The van der Waals surface area contributed by atoms with Crippen molar-refractivity contribution in [1.82, 2.24) is 0 Å². The second-order valence-electron chi connectivity index (χ2n) is 0.304. The average Bonchev–Trinajstić information content (AvgIpc) is 0.811. The van der Waals surface area contributed by atoms with Crippen LogP contribution in [0, 0.1) is 6.26 Å². The molecule has 0 saturated carbocycles. The van der Waals surface area contributed by atoms with Crippen molar-refractivity contribution >= 4 is 11.1 Å². The summed E-state index contributed by atoms with van der Waals surface area (Å²) in [4.78, 5) is 0. The minimum absolute atomic E-state index is 0. The van der Waals surface area contributed by atoms with Gasteiger partial charge in [0.15, 0.2) is 0 Å². The van der Waals surface area contributed by atoms with Gasteiger partial charge in [0.1, 0.15) is 0 Å². The first kappa shape index (κ1) is 15.7. The maximum atomic E-state index is 8.89. The molecule has 1 atom stereocenters. The van der Waals surface area contributed by atoms with Gasteiger partial charge in [-0.3, -0.25) is 6.26 Å². The molecule has 1 unspecified atom stereocenters. The van der Waals surface area contributed by atoms with Crippen molar-refractivity contribution in [3.63, 3.8) is 0 Å². The number of hydrogen-bond donors (Lipinski definition) is 0. The summed E-state index contributed by atoms with van der Waals surface area (Å²) in [6.07, 6.45) is 2.56. The fourth-order valence-corrected chi connectivity index (χ4v) is 0. The van der Waals surface area contributed by atoms with Crippen LogP contribution in [0.15, 0.2) is 0 Å². The Bertz CT molecular complexity index is 36.5. The van der Waals surface area contributed by atoms with Gasteiger partial charge in [-0.1, -0.05) is 0 Å². The Morgan fingerprint density at radius 3 is 1.67 bits per heavy atom. The Morgan fingerprint density at radius 2 is 1.67 bits per heavy atom. The summed E-state index contributed by atoms with van der Waals surface area (Å²) in [5, 5.41) is 0. The summed E-state index contributed by atoms with van der Waals surface area (Å²) in [6.45, 7) is 0. The van der Waals surface area contributed by atoms with Gasteiger partial charge in [0.2, 0.25) is 0 Å². The van der Waals surface area contributed by atoms with Gasteiger partial charge < -0.3 is 8.76 Å². The SMILES string of the molecule is [CH2-]S(=O)[O-].[Na+].[Y]. The summed E-state index contributed by atoms with van der Waals surface area (Å²) >= 11 is -2.11. The molecule has 0 fully saturated rings. The molecule has 6 heavy (non-hydrogen) atoms.